The number of carbonyl (C=O) groups is 1. The average molecular weight is 263 g/mol. The molecule has 13 heavy (non-hydrogen) atoms. The molecule has 2 rings (SSSR count). The molecule has 1 aromatic heterocycles. The molecule has 0 bridgehead atoms. The van der Waals surface area contributed by atoms with Crippen molar-refractivity contribution in [2.45, 2.75) is 6.17 Å². The summed E-state index contributed by atoms with van der Waals surface area (Å²) in [4.78, 5) is 11.0. The number of nitrogens with zero attached hydrogens (tertiary/aromatic N) is 1. The summed E-state index contributed by atoms with van der Waals surface area (Å²) >= 11 is 4.84. The van der Waals surface area contributed by atoms with Gasteiger partial charge in [0.2, 0.25) is 0 Å². The van der Waals surface area contributed by atoms with Crippen molar-refractivity contribution in [2.75, 3.05) is 6.54 Å². The number of hydrogen-bond acceptors (Lipinski definition) is 4. The molecule has 0 saturated carbocycles. The molecule has 4 nitrogen and oxygen atoms in total. The molecule has 1 amide bonds. The Labute approximate surface area is 87.2 Å². The van der Waals surface area contributed by atoms with Crippen LogP contribution >= 0.6 is 27.3 Å². The summed E-state index contributed by atoms with van der Waals surface area (Å²) in [6.07, 6.45) is -0.393. The molecule has 0 spiro atoms. The number of amides is 1. The van der Waals surface area contributed by atoms with Gasteiger partial charge in [-0.25, -0.2) is 5.06 Å². The number of rotatable bonds is 1. The lowest BCUT2D eigenvalue weighted by Crippen LogP contribution is -2.26. The van der Waals surface area contributed by atoms with Crippen LogP contribution in [0.3, 0.4) is 0 Å². The van der Waals surface area contributed by atoms with Crippen LogP contribution in [0.4, 0.5) is 0 Å². The Hall–Kier alpha value is -0.430. The lowest BCUT2D eigenvalue weighted by atomic mass is 10.3. The molecule has 0 aliphatic carbocycles. The number of hydroxylamine groups is 2. The predicted octanol–water partition coefficient (Wildman–Crippen LogP) is 1.33. The molecule has 6 heteroatoms. The van der Waals surface area contributed by atoms with Crippen molar-refractivity contribution < 1.29 is 10.0 Å². The zero-order valence-corrected chi connectivity index (χ0v) is 8.93. The van der Waals surface area contributed by atoms with Crippen molar-refractivity contribution in [2.24, 2.45) is 0 Å². The third kappa shape index (κ3) is 1.62. The molecule has 1 aliphatic rings. The summed E-state index contributed by atoms with van der Waals surface area (Å²) in [6, 6.07) is 1.88. The molecular weight excluding hydrogens is 256 g/mol. The maximum absolute atomic E-state index is 11.0. The van der Waals surface area contributed by atoms with Gasteiger partial charge in [0.05, 0.1) is 10.3 Å². The third-order valence-electron chi connectivity index (χ3n) is 1.85. The van der Waals surface area contributed by atoms with Gasteiger partial charge in [-0.1, -0.05) is 0 Å². The number of halogens is 1. The fourth-order valence-corrected chi connectivity index (χ4v) is 2.42. The Morgan fingerprint density at radius 2 is 2.54 bits per heavy atom. The van der Waals surface area contributed by atoms with E-state index >= 15 is 0 Å². The second kappa shape index (κ2) is 3.38. The second-order valence-electron chi connectivity index (χ2n) is 2.71. The largest absolute Gasteiger partial charge is 0.284 e. The Morgan fingerprint density at radius 1 is 1.77 bits per heavy atom. The molecule has 0 aromatic carbocycles. The van der Waals surface area contributed by atoms with Gasteiger partial charge in [0.15, 0.2) is 0 Å². The van der Waals surface area contributed by atoms with E-state index in [1.165, 1.54) is 11.3 Å². The van der Waals surface area contributed by atoms with Crippen LogP contribution in [0.1, 0.15) is 11.7 Å². The first kappa shape index (κ1) is 9.14. The smallest absolute Gasteiger partial charge is 0.261 e. The fraction of sp³-hybridized carbons (Fsp3) is 0.286. The van der Waals surface area contributed by atoms with E-state index < -0.39 is 6.17 Å². The molecule has 1 fully saturated rings. The number of nitrogens with one attached hydrogen (secondary N) is 1. The van der Waals surface area contributed by atoms with Crippen molar-refractivity contribution in [1.82, 2.24) is 10.4 Å². The Bertz CT molecular complexity index is 341. The number of thiophene rings is 1. The van der Waals surface area contributed by atoms with Crippen molar-refractivity contribution in [3.05, 3.63) is 20.8 Å². The standard InChI is InChI=1S/C7H7BrN2O2S/c8-5-1-4(3-13-5)7-9-2-6(11)10(7)12/h1,3,7,9,12H,2H2. The summed E-state index contributed by atoms with van der Waals surface area (Å²) in [5.41, 5.74) is 0.894. The molecule has 1 aliphatic heterocycles. The minimum Gasteiger partial charge on any atom is -0.284 e. The van der Waals surface area contributed by atoms with Gasteiger partial charge in [0.25, 0.3) is 5.91 Å². The van der Waals surface area contributed by atoms with Crippen LogP contribution in [0, 0.1) is 0 Å². The van der Waals surface area contributed by atoms with Crippen LogP contribution in [0.2, 0.25) is 0 Å². The molecule has 1 saturated heterocycles. The van der Waals surface area contributed by atoms with E-state index in [9.17, 15) is 10.0 Å². The van der Waals surface area contributed by atoms with E-state index in [1.807, 2.05) is 11.4 Å². The van der Waals surface area contributed by atoms with Crippen LogP contribution < -0.4 is 5.32 Å². The minimum atomic E-state index is -0.393. The summed E-state index contributed by atoms with van der Waals surface area (Å²) in [5, 5.41) is 14.9. The van der Waals surface area contributed by atoms with Crippen LogP contribution in [-0.2, 0) is 4.79 Å². The molecule has 1 aromatic rings. The van der Waals surface area contributed by atoms with E-state index in [4.69, 9.17) is 0 Å². The Morgan fingerprint density at radius 3 is 3.00 bits per heavy atom. The van der Waals surface area contributed by atoms with E-state index in [0.29, 0.717) is 0 Å². The van der Waals surface area contributed by atoms with E-state index in [-0.39, 0.29) is 12.5 Å². The maximum Gasteiger partial charge on any atom is 0.261 e. The van der Waals surface area contributed by atoms with Crippen LogP contribution in [0.25, 0.3) is 0 Å². The first-order valence-corrected chi connectivity index (χ1v) is 5.34. The quantitative estimate of drug-likeness (QED) is 0.751. The lowest BCUT2D eigenvalue weighted by molar-refractivity contribution is -0.165. The first-order valence-electron chi connectivity index (χ1n) is 3.67. The topological polar surface area (TPSA) is 52.6 Å². The highest BCUT2D eigenvalue weighted by Crippen LogP contribution is 2.28. The van der Waals surface area contributed by atoms with E-state index in [1.54, 1.807) is 0 Å². The molecule has 0 radical (unpaired) electrons. The molecule has 1 atom stereocenters. The van der Waals surface area contributed by atoms with Gasteiger partial charge in [-0.3, -0.25) is 15.3 Å². The van der Waals surface area contributed by atoms with Crippen LogP contribution in [0.15, 0.2) is 15.2 Å². The molecule has 2 N–H and O–H groups in total. The predicted molar refractivity (Wildman–Crippen MR) is 51.4 cm³/mol. The zero-order valence-electron chi connectivity index (χ0n) is 6.53. The summed E-state index contributed by atoms with van der Waals surface area (Å²) < 4.78 is 0.983. The van der Waals surface area contributed by atoms with Crippen molar-refractivity contribution in [1.29, 1.82) is 0 Å². The Kier molecular flexibility index (Phi) is 2.37. The maximum atomic E-state index is 11.0. The summed E-state index contributed by atoms with van der Waals surface area (Å²) in [7, 11) is 0. The van der Waals surface area contributed by atoms with Gasteiger partial charge in [-0.15, -0.1) is 11.3 Å². The zero-order chi connectivity index (χ0) is 9.42. The second-order valence-corrected chi connectivity index (χ2v) is 5.00. The molecule has 1 unspecified atom stereocenters. The normalized spacial score (nSPS) is 22.8. The monoisotopic (exact) mass is 262 g/mol. The van der Waals surface area contributed by atoms with Gasteiger partial charge in [-0.05, 0) is 27.4 Å². The lowest BCUT2D eigenvalue weighted by Gasteiger charge is -2.15. The van der Waals surface area contributed by atoms with Gasteiger partial charge in [-0.2, -0.15) is 0 Å². The van der Waals surface area contributed by atoms with Crippen molar-refractivity contribution in [3.8, 4) is 0 Å². The number of carbonyl (C=O) groups excluding carboxylic acids is 1. The highest BCUT2D eigenvalue weighted by molar-refractivity contribution is 9.11. The SMILES string of the molecule is O=C1CNC(c2csc(Br)c2)N1O. The molecular formula is C7H7BrN2O2S. The molecule has 2 heterocycles. The van der Waals surface area contributed by atoms with Crippen molar-refractivity contribution >= 4 is 33.2 Å². The van der Waals surface area contributed by atoms with E-state index in [2.05, 4.69) is 21.2 Å². The minimum absolute atomic E-state index is 0.189. The van der Waals surface area contributed by atoms with Gasteiger partial charge >= 0.3 is 0 Å². The van der Waals surface area contributed by atoms with Gasteiger partial charge < -0.3 is 0 Å². The highest BCUT2D eigenvalue weighted by Gasteiger charge is 2.30. The summed E-state index contributed by atoms with van der Waals surface area (Å²) in [6.45, 7) is 0.189. The highest BCUT2D eigenvalue weighted by atomic mass is 79.9. The van der Waals surface area contributed by atoms with Crippen molar-refractivity contribution in [3.63, 3.8) is 0 Å². The molecule has 70 valence electrons. The first-order chi connectivity index (χ1) is 6.18. The Balaban J connectivity index is 2.23. The van der Waals surface area contributed by atoms with Gasteiger partial charge in [0.1, 0.15) is 6.17 Å². The van der Waals surface area contributed by atoms with E-state index in [0.717, 1.165) is 14.4 Å². The summed E-state index contributed by atoms with van der Waals surface area (Å²) in [5.74, 6) is -0.299. The average Bonchev–Trinajstić information content (AvgIpc) is 2.62. The number of hydrogen-bond donors (Lipinski definition) is 2. The third-order valence-corrected chi connectivity index (χ3v) is 3.37. The van der Waals surface area contributed by atoms with Crippen LogP contribution in [-0.4, -0.2) is 22.7 Å². The fourth-order valence-electron chi connectivity index (χ4n) is 1.22. The van der Waals surface area contributed by atoms with Gasteiger partial charge in [0, 0.05) is 5.56 Å². The van der Waals surface area contributed by atoms with Crippen LogP contribution in [0.5, 0.6) is 0 Å².